The molecule has 1 saturated heterocycles. The molecule has 1 N–H and O–H groups in total. The van der Waals surface area contributed by atoms with Gasteiger partial charge in [0.1, 0.15) is 0 Å². The summed E-state index contributed by atoms with van der Waals surface area (Å²) in [6.45, 7) is 7.79. The van der Waals surface area contributed by atoms with E-state index in [0.29, 0.717) is 6.10 Å². The van der Waals surface area contributed by atoms with Crippen LogP contribution in [0.3, 0.4) is 0 Å². The topological polar surface area (TPSA) is 24.5 Å². The van der Waals surface area contributed by atoms with E-state index in [2.05, 4.69) is 28.6 Å². The first-order valence-corrected chi connectivity index (χ1v) is 7.66. The number of likely N-dealkylation sites (tertiary alicyclic amines) is 1. The first-order valence-electron chi connectivity index (χ1n) is 6.78. The average molecular weight is 268 g/mol. The first kappa shape index (κ1) is 14.0. The highest BCUT2D eigenvalue weighted by Gasteiger charge is 2.17. The smallest absolute Gasteiger partial charge is 0.0595 e. The Morgan fingerprint density at radius 3 is 2.83 bits per heavy atom. The second-order valence-electron chi connectivity index (χ2n) is 4.98. The van der Waals surface area contributed by atoms with Crippen molar-refractivity contribution >= 4 is 11.3 Å². The van der Waals surface area contributed by atoms with Gasteiger partial charge >= 0.3 is 0 Å². The van der Waals surface area contributed by atoms with Crippen molar-refractivity contribution in [2.45, 2.75) is 32.4 Å². The largest absolute Gasteiger partial charge is 0.381 e. The minimum atomic E-state index is 0.489. The molecule has 4 heteroatoms. The summed E-state index contributed by atoms with van der Waals surface area (Å²) >= 11 is 1.85. The van der Waals surface area contributed by atoms with E-state index in [1.807, 2.05) is 18.4 Å². The zero-order valence-corrected chi connectivity index (χ0v) is 12.3. The Kier molecular flexibility index (Phi) is 5.63. The quantitative estimate of drug-likeness (QED) is 0.801. The van der Waals surface area contributed by atoms with Crippen molar-refractivity contribution in [1.82, 2.24) is 10.2 Å². The number of hydrogen-bond donors (Lipinski definition) is 1. The van der Waals surface area contributed by atoms with Crippen molar-refractivity contribution in [2.75, 3.05) is 33.3 Å². The summed E-state index contributed by atoms with van der Waals surface area (Å²) in [5.41, 5.74) is 1.41. The van der Waals surface area contributed by atoms with Crippen LogP contribution in [0.15, 0.2) is 11.4 Å². The molecule has 0 amide bonds. The van der Waals surface area contributed by atoms with Gasteiger partial charge in [-0.3, -0.25) is 0 Å². The highest BCUT2D eigenvalue weighted by atomic mass is 32.1. The number of thiophene rings is 1. The first-order chi connectivity index (χ1) is 8.79. The lowest BCUT2D eigenvalue weighted by Crippen LogP contribution is -2.40. The molecule has 1 aromatic rings. The Bertz CT molecular complexity index is 345. The second-order valence-corrected chi connectivity index (χ2v) is 5.98. The van der Waals surface area contributed by atoms with Gasteiger partial charge in [-0.15, -0.1) is 11.3 Å². The number of aryl methyl sites for hydroxylation is 1. The van der Waals surface area contributed by atoms with Crippen LogP contribution >= 0.6 is 11.3 Å². The number of ether oxygens (including phenoxy) is 1. The summed E-state index contributed by atoms with van der Waals surface area (Å²) in [5, 5.41) is 5.71. The SMILES string of the molecule is COC1CCN(CCNCc2sccc2C)CC1. The average Bonchev–Trinajstić information content (AvgIpc) is 2.81. The van der Waals surface area contributed by atoms with Gasteiger partial charge in [0.05, 0.1) is 6.10 Å². The molecule has 0 bridgehead atoms. The number of nitrogens with zero attached hydrogens (tertiary/aromatic N) is 1. The number of piperidine rings is 1. The maximum Gasteiger partial charge on any atom is 0.0595 e. The van der Waals surface area contributed by atoms with E-state index >= 15 is 0 Å². The van der Waals surface area contributed by atoms with Crippen molar-refractivity contribution < 1.29 is 4.74 Å². The van der Waals surface area contributed by atoms with Crippen molar-refractivity contribution in [2.24, 2.45) is 0 Å². The van der Waals surface area contributed by atoms with Gasteiger partial charge in [-0.2, -0.15) is 0 Å². The molecule has 0 atom stereocenters. The van der Waals surface area contributed by atoms with Crippen LogP contribution in [-0.4, -0.2) is 44.3 Å². The zero-order chi connectivity index (χ0) is 12.8. The highest BCUT2D eigenvalue weighted by Crippen LogP contribution is 2.15. The number of rotatable bonds is 6. The van der Waals surface area contributed by atoms with Crippen molar-refractivity contribution in [3.05, 3.63) is 21.9 Å². The molecule has 102 valence electrons. The summed E-state index contributed by atoms with van der Waals surface area (Å²) < 4.78 is 5.39. The Morgan fingerprint density at radius 1 is 1.44 bits per heavy atom. The summed E-state index contributed by atoms with van der Waals surface area (Å²) in [5.74, 6) is 0. The third-order valence-electron chi connectivity index (χ3n) is 3.73. The molecular formula is C14H24N2OS. The van der Waals surface area contributed by atoms with E-state index in [4.69, 9.17) is 4.74 Å². The monoisotopic (exact) mass is 268 g/mol. The number of methoxy groups -OCH3 is 1. The third kappa shape index (κ3) is 4.05. The summed E-state index contributed by atoms with van der Waals surface area (Å²) in [6, 6.07) is 2.19. The fraction of sp³-hybridized carbons (Fsp3) is 0.714. The molecule has 1 fully saturated rings. The van der Waals surface area contributed by atoms with Gasteiger partial charge in [-0.1, -0.05) is 0 Å². The number of nitrogens with one attached hydrogen (secondary N) is 1. The van der Waals surface area contributed by atoms with E-state index in [9.17, 15) is 0 Å². The maximum atomic E-state index is 5.39. The van der Waals surface area contributed by atoms with Gasteiger partial charge in [-0.25, -0.2) is 0 Å². The lowest BCUT2D eigenvalue weighted by atomic mass is 10.1. The van der Waals surface area contributed by atoms with Gasteiger partial charge in [-0.05, 0) is 36.8 Å². The minimum absolute atomic E-state index is 0.489. The molecular weight excluding hydrogens is 244 g/mol. The molecule has 1 aliphatic rings. The maximum absolute atomic E-state index is 5.39. The fourth-order valence-electron chi connectivity index (χ4n) is 2.39. The van der Waals surface area contributed by atoms with Crippen molar-refractivity contribution in [1.29, 1.82) is 0 Å². The molecule has 0 aliphatic carbocycles. The number of hydrogen-bond acceptors (Lipinski definition) is 4. The van der Waals surface area contributed by atoms with Gasteiger partial charge in [0.2, 0.25) is 0 Å². The lowest BCUT2D eigenvalue weighted by molar-refractivity contribution is 0.0415. The highest BCUT2D eigenvalue weighted by molar-refractivity contribution is 7.10. The minimum Gasteiger partial charge on any atom is -0.381 e. The van der Waals surface area contributed by atoms with Gasteiger partial charge in [0.25, 0.3) is 0 Å². The predicted molar refractivity (Wildman–Crippen MR) is 77.2 cm³/mol. The molecule has 0 radical (unpaired) electrons. The van der Waals surface area contributed by atoms with Crippen LogP contribution in [-0.2, 0) is 11.3 Å². The second kappa shape index (κ2) is 7.24. The van der Waals surface area contributed by atoms with Crippen molar-refractivity contribution in [3.63, 3.8) is 0 Å². The van der Waals surface area contributed by atoms with Crippen LogP contribution in [0, 0.1) is 6.92 Å². The molecule has 3 nitrogen and oxygen atoms in total. The Balaban J connectivity index is 1.58. The van der Waals surface area contributed by atoms with Crippen molar-refractivity contribution in [3.8, 4) is 0 Å². The normalized spacial score (nSPS) is 18.3. The Morgan fingerprint density at radius 2 is 2.22 bits per heavy atom. The third-order valence-corrected chi connectivity index (χ3v) is 4.75. The molecule has 2 heterocycles. The summed E-state index contributed by atoms with van der Waals surface area (Å²) in [6.07, 6.45) is 2.85. The van der Waals surface area contributed by atoms with Crippen LogP contribution in [0.2, 0.25) is 0 Å². The van der Waals surface area contributed by atoms with Crippen LogP contribution in [0.25, 0.3) is 0 Å². The van der Waals surface area contributed by atoms with Crippen LogP contribution in [0.5, 0.6) is 0 Å². The van der Waals surface area contributed by atoms with E-state index < -0.39 is 0 Å². The van der Waals surface area contributed by atoms with Crippen LogP contribution < -0.4 is 5.32 Å². The lowest BCUT2D eigenvalue weighted by Gasteiger charge is -2.31. The van der Waals surface area contributed by atoms with Gasteiger partial charge in [0.15, 0.2) is 0 Å². The molecule has 2 rings (SSSR count). The van der Waals surface area contributed by atoms with Gasteiger partial charge < -0.3 is 15.0 Å². The molecule has 0 saturated carbocycles. The molecule has 0 aromatic carbocycles. The Hall–Kier alpha value is -0.420. The van der Waals surface area contributed by atoms with E-state index in [0.717, 1.165) is 19.6 Å². The molecule has 18 heavy (non-hydrogen) atoms. The zero-order valence-electron chi connectivity index (χ0n) is 11.4. The Labute approximate surface area is 114 Å². The standard InChI is InChI=1S/C14H24N2OS/c1-12-5-10-18-14(12)11-15-6-9-16-7-3-13(17-2)4-8-16/h5,10,13,15H,3-4,6-9,11H2,1-2H3. The van der Waals surface area contributed by atoms with E-state index in [-0.39, 0.29) is 0 Å². The van der Waals surface area contributed by atoms with Crippen LogP contribution in [0.4, 0.5) is 0 Å². The van der Waals surface area contributed by atoms with Crippen LogP contribution in [0.1, 0.15) is 23.3 Å². The molecule has 0 unspecified atom stereocenters. The molecule has 1 aromatic heterocycles. The molecule has 1 aliphatic heterocycles. The fourth-order valence-corrected chi connectivity index (χ4v) is 3.27. The summed E-state index contributed by atoms with van der Waals surface area (Å²) in [4.78, 5) is 4.00. The predicted octanol–water partition coefficient (Wildman–Crippen LogP) is 2.26. The summed E-state index contributed by atoms with van der Waals surface area (Å²) in [7, 11) is 1.82. The van der Waals surface area contributed by atoms with Gasteiger partial charge in [0, 0.05) is 44.7 Å². The van der Waals surface area contributed by atoms with E-state index in [1.54, 1.807) is 0 Å². The van der Waals surface area contributed by atoms with E-state index in [1.165, 1.54) is 36.4 Å². The molecule has 0 spiro atoms.